The van der Waals surface area contributed by atoms with Crippen LogP contribution in [0.15, 0.2) is 24.3 Å². The molecule has 0 atom stereocenters. The van der Waals surface area contributed by atoms with Crippen molar-refractivity contribution in [3.63, 3.8) is 0 Å². The zero-order valence-electron chi connectivity index (χ0n) is 12.0. The lowest BCUT2D eigenvalue weighted by Gasteiger charge is -2.33. The first-order valence-electron chi connectivity index (χ1n) is 6.83. The largest absolute Gasteiger partial charge is 0.340 e. The van der Waals surface area contributed by atoms with Gasteiger partial charge in [-0.25, -0.2) is 8.42 Å². The molecule has 0 radical (unpaired) electrons. The molecule has 0 unspecified atom stereocenters. The average molecular weight is 331 g/mol. The molecule has 1 heterocycles. The van der Waals surface area contributed by atoms with Gasteiger partial charge in [-0.05, 0) is 24.1 Å². The van der Waals surface area contributed by atoms with Crippen LogP contribution in [0.1, 0.15) is 12.0 Å². The van der Waals surface area contributed by atoms with Gasteiger partial charge in [0.25, 0.3) is 0 Å². The Labute approximate surface area is 130 Å². The highest BCUT2D eigenvalue weighted by Gasteiger charge is 2.25. The summed E-state index contributed by atoms with van der Waals surface area (Å²) in [6, 6.07) is 7.47. The number of hydrogen-bond donors (Lipinski definition) is 0. The van der Waals surface area contributed by atoms with Gasteiger partial charge in [-0.2, -0.15) is 4.31 Å². The lowest BCUT2D eigenvalue weighted by molar-refractivity contribution is -0.132. The minimum atomic E-state index is -3.15. The standard InChI is InChI=1S/C14H19ClN2O3S/c1-21(19,20)17-9-7-16(8-10-17)14(18)6-5-12-3-2-4-13(15)11-12/h2-4,11H,5-10H2,1H3. The molecular formula is C14H19ClN2O3S. The van der Waals surface area contributed by atoms with Crippen molar-refractivity contribution < 1.29 is 13.2 Å². The van der Waals surface area contributed by atoms with E-state index in [2.05, 4.69) is 0 Å². The zero-order chi connectivity index (χ0) is 15.5. The van der Waals surface area contributed by atoms with Crippen molar-refractivity contribution in [2.75, 3.05) is 32.4 Å². The molecule has 1 fully saturated rings. The van der Waals surface area contributed by atoms with Crippen LogP contribution in [-0.2, 0) is 21.2 Å². The predicted molar refractivity (Wildman–Crippen MR) is 82.8 cm³/mol. The Kier molecular flexibility index (Phi) is 5.24. The highest BCUT2D eigenvalue weighted by atomic mass is 35.5. The molecule has 7 heteroatoms. The third-order valence-corrected chi connectivity index (χ3v) is 5.12. The quantitative estimate of drug-likeness (QED) is 0.838. The fraction of sp³-hybridized carbons (Fsp3) is 0.500. The number of hydrogen-bond acceptors (Lipinski definition) is 3. The molecule has 1 aromatic rings. The summed E-state index contributed by atoms with van der Waals surface area (Å²) in [6.45, 7) is 1.67. The Morgan fingerprint density at radius 1 is 1.24 bits per heavy atom. The van der Waals surface area contributed by atoms with E-state index in [1.165, 1.54) is 10.6 Å². The minimum Gasteiger partial charge on any atom is -0.340 e. The second-order valence-electron chi connectivity index (χ2n) is 5.17. The van der Waals surface area contributed by atoms with Crippen LogP contribution in [-0.4, -0.2) is 56.0 Å². The number of benzene rings is 1. The molecule has 5 nitrogen and oxygen atoms in total. The first-order valence-corrected chi connectivity index (χ1v) is 9.06. The van der Waals surface area contributed by atoms with Crippen LogP contribution in [0.2, 0.25) is 5.02 Å². The summed E-state index contributed by atoms with van der Waals surface area (Å²) in [6.07, 6.45) is 2.26. The van der Waals surface area contributed by atoms with E-state index in [0.717, 1.165) is 5.56 Å². The first kappa shape index (κ1) is 16.3. The molecule has 0 saturated carbocycles. The van der Waals surface area contributed by atoms with Gasteiger partial charge in [-0.1, -0.05) is 23.7 Å². The molecule has 21 heavy (non-hydrogen) atoms. The van der Waals surface area contributed by atoms with Crippen LogP contribution in [0, 0.1) is 0 Å². The molecule has 116 valence electrons. The lowest BCUT2D eigenvalue weighted by atomic mass is 10.1. The molecule has 1 saturated heterocycles. The smallest absolute Gasteiger partial charge is 0.222 e. The van der Waals surface area contributed by atoms with Gasteiger partial charge >= 0.3 is 0 Å². The number of aryl methyl sites for hydroxylation is 1. The van der Waals surface area contributed by atoms with Gasteiger partial charge in [0.1, 0.15) is 0 Å². The monoisotopic (exact) mass is 330 g/mol. The molecule has 1 aromatic carbocycles. The Bertz CT molecular complexity index is 610. The Balaban J connectivity index is 1.83. The molecule has 0 bridgehead atoms. The predicted octanol–water partition coefficient (Wildman–Crippen LogP) is 1.38. The second-order valence-corrected chi connectivity index (χ2v) is 7.59. The number of amides is 1. The fourth-order valence-corrected chi connectivity index (χ4v) is 3.41. The topological polar surface area (TPSA) is 57.7 Å². The van der Waals surface area contributed by atoms with Crippen LogP contribution in [0.4, 0.5) is 0 Å². The van der Waals surface area contributed by atoms with Crippen LogP contribution < -0.4 is 0 Å². The third-order valence-electron chi connectivity index (χ3n) is 3.58. The molecule has 1 aliphatic heterocycles. The molecule has 0 aliphatic carbocycles. The van der Waals surface area contributed by atoms with Crippen molar-refractivity contribution in [1.82, 2.24) is 9.21 Å². The number of rotatable bonds is 4. The number of carbonyl (C=O) groups excluding carboxylic acids is 1. The number of nitrogens with zero attached hydrogens (tertiary/aromatic N) is 2. The summed E-state index contributed by atoms with van der Waals surface area (Å²) in [5.41, 5.74) is 1.03. The van der Waals surface area contributed by atoms with Crippen LogP contribution >= 0.6 is 11.6 Å². The summed E-state index contributed by atoms with van der Waals surface area (Å²) < 4.78 is 24.2. The molecule has 0 aromatic heterocycles. The van der Waals surface area contributed by atoms with E-state index in [1.54, 1.807) is 11.0 Å². The molecule has 0 spiro atoms. The molecule has 1 amide bonds. The van der Waals surface area contributed by atoms with Crippen molar-refractivity contribution in [1.29, 1.82) is 0 Å². The highest BCUT2D eigenvalue weighted by Crippen LogP contribution is 2.13. The summed E-state index contributed by atoms with van der Waals surface area (Å²) in [7, 11) is -3.15. The van der Waals surface area contributed by atoms with E-state index in [0.29, 0.717) is 44.0 Å². The summed E-state index contributed by atoms with van der Waals surface area (Å²) >= 11 is 5.91. The normalized spacial score (nSPS) is 17.0. The summed E-state index contributed by atoms with van der Waals surface area (Å²) in [5.74, 6) is 0.0585. The van der Waals surface area contributed by atoms with Gasteiger partial charge < -0.3 is 4.90 Å². The maximum absolute atomic E-state index is 12.1. The zero-order valence-corrected chi connectivity index (χ0v) is 13.5. The highest BCUT2D eigenvalue weighted by molar-refractivity contribution is 7.88. The number of sulfonamides is 1. The van der Waals surface area contributed by atoms with Gasteiger partial charge in [-0.3, -0.25) is 4.79 Å². The maximum atomic E-state index is 12.1. The number of carbonyl (C=O) groups is 1. The first-order chi connectivity index (χ1) is 9.86. The van der Waals surface area contributed by atoms with Crippen molar-refractivity contribution in [2.45, 2.75) is 12.8 Å². The van der Waals surface area contributed by atoms with Gasteiger partial charge in [0.05, 0.1) is 6.26 Å². The van der Waals surface area contributed by atoms with Crippen molar-refractivity contribution >= 4 is 27.5 Å². The van der Waals surface area contributed by atoms with E-state index >= 15 is 0 Å². The van der Waals surface area contributed by atoms with Crippen molar-refractivity contribution in [3.8, 4) is 0 Å². The van der Waals surface area contributed by atoms with Crippen LogP contribution in [0.5, 0.6) is 0 Å². The van der Waals surface area contributed by atoms with Gasteiger partial charge in [-0.15, -0.1) is 0 Å². The molecule has 1 aliphatic rings. The van der Waals surface area contributed by atoms with E-state index in [-0.39, 0.29) is 5.91 Å². The molecule has 0 N–H and O–H groups in total. The maximum Gasteiger partial charge on any atom is 0.222 e. The SMILES string of the molecule is CS(=O)(=O)N1CCN(C(=O)CCc2cccc(Cl)c2)CC1. The molecule has 2 rings (SSSR count). The number of halogens is 1. The van der Waals surface area contributed by atoms with Crippen LogP contribution in [0.3, 0.4) is 0 Å². The Hall–Kier alpha value is -1.11. The van der Waals surface area contributed by atoms with Crippen molar-refractivity contribution in [3.05, 3.63) is 34.9 Å². The number of piperazine rings is 1. The van der Waals surface area contributed by atoms with Crippen molar-refractivity contribution in [2.24, 2.45) is 0 Å². The Morgan fingerprint density at radius 3 is 2.48 bits per heavy atom. The average Bonchev–Trinajstić information content (AvgIpc) is 2.44. The van der Waals surface area contributed by atoms with E-state index in [1.807, 2.05) is 18.2 Å². The summed E-state index contributed by atoms with van der Waals surface area (Å²) in [5, 5.41) is 0.668. The third kappa shape index (κ3) is 4.69. The minimum absolute atomic E-state index is 0.0585. The van der Waals surface area contributed by atoms with E-state index < -0.39 is 10.0 Å². The van der Waals surface area contributed by atoms with Gasteiger partial charge in [0, 0.05) is 37.6 Å². The van der Waals surface area contributed by atoms with Gasteiger partial charge in [0.15, 0.2) is 0 Å². The fourth-order valence-electron chi connectivity index (χ4n) is 2.37. The van der Waals surface area contributed by atoms with E-state index in [4.69, 9.17) is 11.6 Å². The summed E-state index contributed by atoms with van der Waals surface area (Å²) in [4.78, 5) is 13.9. The molecular weight excluding hydrogens is 312 g/mol. The Morgan fingerprint density at radius 2 is 1.90 bits per heavy atom. The lowest BCUT2D eigenvalue weighted by Crippen LogP contribution is -2.50. The van der Waals surface area contributed by atoms with Gasteiger partial charge in [0.2, 0.25) is 15.9 Å². The van der Waals surface area contributed by atoms with E-state index in [9.17, 15) is 13.2 Å². The second kappa shape index (κ2) is 6.77. The van der Waals surface area contributed by atoms with Crippen LogP contribution in [0.25, 0.3) is 0 Å².